The summed E-state index contributed by atoms with van der Waals surface area (Å²) in [7, 11) is 0. The van der Waals surface area contributed by atoms with E-state index in [-0.39, 0.29) is 6.10 Å². The third-order valence-electron chi connectivity index (χ3n) is 5.08. The third-order valence-corrected chi connectivity index (χ3v) is 5.08. The highest BCUT2D eigenvalue weighted by molar-refractivity contribution is 5.62. The quantitative estimate of drug-likeness (QED) is 0.652. The Kier molecular flexibility index (Phi) is 5.73. The van der Waals surface area contributed by atoms with Crippen molar-refractivity contribution in [1.29, 1.82) is 0 Å². The molecule has 0 radical (unpaired) electrons. The van der Waals surface area contributed by atoms with Crippen molar-refractivity contribution in [1.82, 2.24) is 9.97 Å². The summed E-state index contributed by atoms with van der Waals surface area (Å²) in [6.45, 7) is 3.15. The molecule has 0 amide bonds. The second kappa shape index (κ2) is 7.98. The number of nitrogen functional groups attached to an aromatic ring is 1. The molecule has 7 heteroatoms. The summed E-state index contributed by atoms with van der Waals surface area (Å²) in [6.07, 6.45) is 8.02. The molecule has 24 heavy (non-hydrogen) atoms. The smallest absolute Gasteiger partial charge is 0.224 e. The minimum atomic E-state index is 0.268. The van der Waals surface area contributed by atoms with Crippen LogP contribution >= 0.6 is 0 Å². The fourth-order valence-electron chi connectivity index (χ4n) is 3.57. The first-order valence-corrected chi connectivity index (χ1v) is 9.02. The number of nitrogens with one attached hydrogen (secondary N) is 2. The van der Waals surface area contributed by atoms with Crippen LogP contribution in [-0.4, -0.2) is 46.5 Å². The summed E-state index contributed by atoms with van der Waals surface area (Å²) < 4.78 is 5.58. The average Bonchev–Trinajstić information content (AvgIpc) is 2.59. The van der Waals surface area contributed by atoms with Crippen LogP contribution in [0.4, 0.5) is 17.5 Å². The summed E-state index contributed by atoms with van der Waals surface area (Å²) in [5, 5.41) is 16.1. The highest BCUT2D eigenvalue weighted by atomic mass is 16.5. The summed E-state index contributed by atoms with van der Waals surface area (Å²) in [6, 6.07) is 0.700. The van der Waals surface area contributed by atoms with Gasteiger partial charge in [-0.1, -0.05) is 0 Å². The van der Waals surface area contributed by atoms with Crippen LogP contribution in [0.1, 0.15) is 45.4 Å². The molecule has 0 unspecified atom stereocenters. The molecule has 2 fully saturated rings. The predicted molar refractivity (Wildman–Crippen MR) is 95.0 cm³/mol. The maximum atomic E-state index is 9.24. The van der Waals surface area contributed by atoms with Crippen molar-refractivity contribution >= 4 is 17.5 Å². The molecular weight excluding hydrogens is 306 g/mol. The van der Waals surface area contributed by atoms with Crippen LogP contribution in [0.5, 0.6) is 0 Å². The predicted octanol–water partition coefficient (Wildman–Crippen LogP) is 2.00. The Morgan fingerprint density at radius 2 is 2.00 bits per heavy atom. The molecule has 0 bridgehead atoms. The summed E-state index contributed by atoms with van der Waals surface area (Å²) >= 11 is 0. The Hall–Kier alpha value is -1.60. The molecule has 3 rings (SSSR count). The van der Waals surface area contributed by atoms with Crippen LogP contribution in [0.15, 0.2) is 6.20 Å². The molecule has 1 saturated heterocycles. The molecule has 2 atom stereocenters. The van der Waals surface area contributed by atoms with E-state index in [1.165, 1.54) is 0 Å². The van der Waals surface area contributed by atoms with E-state index >= 15 is 0 Å². The van der Waals surface area contributed by atoms with Crippen molar-refractivity contribution in [3.8, 4) is 0 Å². The van der Waals surface area contributed by atoms with Gasteiger partial charge in [-0.25, -0.2) is 4.98 Å². The second-order valence-electron chi connectivity index (χ2n) is 7.09. The Morgan fingerprint density at radius 3 is 2.71 bits per heavy atom. The lowest BCUT2D eigenvalue weighted by Gasteiger charge is -2.29. The molecule has 1 aliphatic heterocycles. The lowest BCUT2D eigenvalue weighted by atomic mass is 9.86. The molecule has 0 spiro atoms. The van der Waals surface area contributed by atoms with E-state index in [0.717, 1.165) is 45.1 Å². The van der Waals surface area contributed by atoms with Crippen LogP contribution in [0.3, 0.4) is 0 Å². The van der Waals surface area contributed by atoms with E-state index in [1.807, 2.05) is 0 Å². The number of rotatable bonds is 5. The molecule has 1 aromatic rings. The van der Waals surface area contributed by atoms with Gasteiger partial charge in [0.05, 0.1) is 18.0 Å². The lowest BCUT2D eigenvalue weighted by molar-refractivity contribution is 0.0231. The molecule has 0 aromatic carbocycles. The maximum Gasteiger partial charge on any atom is 0.224 e. The fourth-order valence-corrected chi connectivity index (χ4v) is 3.57. The largest absolute Gasteiger partial charge is 0.396 e. The fraction of sp³-hybridized carbons (Fsp3) is 0.765. The zero-order valence-corrected chi connectivity index (χ0v) is 14.4. The number of nitrogens with two attached hydrogens (primary N) is 1. The van der Waals surface area contributed by atoms with Crippen molar-refractivity contribution in [3.63, 3.8) is 0 Å². The van der Waals surface area contributed by atoms with Gasteiger partial charge in [-0.2, -0.15) is 4.98 Å². The highest BCUT2D eigenvalue weighted by Gasteiger charge is 2.23. The molecule has 134 valence electrons. The van der Waals surface area contributed by atoms with Crippen LogP contribution in [-0.2, 0) is 4.74 Å². The van der Waals surface area contributed by atoms with E-state index < -0.39 is 0 Å². The number of anilines is 3. The number of aliphatic hydroxyl groups is 1. The minimum absolute atomic E-state index is 0.268. The lowest BCUT2D eigenvalue weighted by Crippen LogP contribution is -2.33. The SMILES string of the molecule is C[C@@H]1C[C@H](Nc2ncc(N)c(NC3CCC(CO)CC3)n2)CCO1. The topological polar surface area (TPSA) is 105 Å². The van der Waals surface area contributed by atoms with Gasteiger partial charge in [-0.15, -0.1) is 0 Å². The Labute approximate surface area is 143 Å². The standard InChI is InChI=1S/C17H29N5O2/c1-11-8-14(6-7-24-11)21-17-19-9-15(18)16(22-17)20-13-4-2-12(10-23)3-5-13/h9,11-14,23H,2-8,10,18H2,1H3,(H2,19,20,21,22)/t11-,12?,13?,14-/m1/s1. The molecule has 1 aliphatic carbocycles. The van der Waals surface area contributed by atoms with E-state index in [1.54, 1.807) is 6.20 Å². The Balaban J connectivity index is 1.59. The number of nitrogens with zero attached hydrogens (tertiary/aromatic N) is 2. The van der Waals surface area contributed by atoms with Crippen molar-refractivity contribution in [2.75, 3.05) is 29.6 Å². The molecule has 1 saturated carbocycles. The van der Waals surface area contributed by atoms with Crippen LogP contribution < -0.4 is 16.4 Å². The number of hydrogen-bond donors (Lipinski definition) is 4. The van der Waals surface area contributed by atoms with E-state index in [9.17, 15) is 5.11 Å². The van der Waals surface area contributed by atoms with Crippen LogP contribution in [0.2, 0.25) is 0 Å². The van der Waals surface area contributed by atoms with Crippen LogP contribution in [0.25, 0.3) is 0 Å². The van der Waals surface area contributed by atoms with E-state index in [2.05, 4.69) is 27.5 Å². The van der Waals surface area contributed by atoms with Gasteiger partial charge in [-0.05, 0) is 51.4 Å². The zero-order chi connectivity index (χ0) is 16.9. The van der Waals surface area contributed by atoms with Gasteiger partial charge in [0.15, 0.2) is 5.82 Å². The minimum Gasteiger partial charge on any atom is -0.396 e. The monoisotopic (exact) mass is 335 g/mol. The first-order valence-electron chi connectivity index (χ1n) is 9.02. The normalized spacial score (nSPS) is 30.8. The van der Waals surface area contributed by atoms with Gasteiger partial charge in [0.2, 0.25) is 5.95 Å². The van der Waals surface area contributed by atoms with Crippen molar-refractivity contribution in [3.05, 3.63) is 6.20 Å². The average molecular weight is 335 g/mol. The number of hydrogen-bond acceptors (Lipinski definition) is 7. The molecular formula is C17H29N5O2. The summed E-state index contributed by atoms with van der Waals surface area (Å²) in [4.78, 5) is 8.89. The van der Waals surface area contributed by atoms with Gasteiger partial charge >= 0.3 is 0 Å². The van der Waals surface area contributed by atoms with Crippen molar-refractivity contribution in [2.45, 2.75) is 63.6 Å². The van der Waals surface area contributed by atoms with Gasteiger partial charge < -0.3 is 26.2 Å². The zero-order valence-electron chi connectivity index (χ0n) is 14.4. The first-order chi connectivity index (χ1) is 11.6. The molecule has 2 heterocycles. The van der Waals surface area contributed by atoms with Crippen molar-refractivity contribution in [2.24, 2.45) is 5.92 Å². The third kappa shape index (κ3) is 4.48. The first kappa shape index (κ1) is 17.2. The Bertz CT molecular complexity index is 534. The molecule has 5 N–H and O–H groups in total. The number of ether oxygens (including phenoxy) is 1. The maximum absolute atomic E-state index is 9.24. The Morgan fingerprint density at radius 1 is 1.21 bits per heavy atom. The molecule has 1 aromatic heterocycles. The van der Waals surface area contributed by atoms with E-state index in [4.69, 9.17) is 10.5 Å². The van der Waals surface area contributed by atoms with Crippen molar-refractivity contribution < 1.29 is 9.84 Å². The highest BCUT2D eigenvalue weighted by Crippen LogP contribution is 2.28. The van der Waals surface area contributed by atoms with Gasteiger partial charge in [0.1, 0.15) is 0 Å². The molecule has 7 nitrogen and oxygen atoms in total. The second-order valence-corrected chi connectivity index (χ2v) is 7.09. The summed E-state index contributed by atoms with van der Waals surface area (Å²) in [5.74, 6) is 1.77. The van der Waals surface area contributed by atoms with Gasteiger partial charge in [0.25, 0.3) is 0 Å². The van der Waals surface area contributed by atoms with Gasteiger partial charge in [-0.3, -0.25) is 0 Å². The molecule has 2 aliphatic rings. The van der Waals surface area contributed by atoms with E-state index in [0.29, 0.717) is 42.1 Å². The number of aliphatic hydroxyl groups excluding tert-OH is 1. The van der Waals surface area contributed by atoms with Gasteiger partial charge in [0, 0.05) is 25.3 Å². The van der Waals surface area contributed by atoms with Crippen LogP contribution in [0, 0.1) is 5.92 Å². The number of aromatic nitrogens is 2. The summed E-state index contributed by atoms with van der Waals surface area (Å²) in [5.41, 5.74) is 6.61.